The van der Waals surface area contributed by atoms with Crippen molar-refractivity contribution in [2.75, 3.05) is 13.1 Å². The summed E-state index contributed by atoms with van der Waals surface area (Å²) in [5.41, 5.74) is 3.42. The van der Waals surface area contributed by atoms with Gasteiger partial charge in [0, 0.05) is 47.7 Å². The highest BCUT2D eigenvalue weighted by atomic mass is 32.1. The van der Waals surface area contributed by atoms with E-state index in [2.05, 4.69) is 15.3 Å². The van der Waals surface area contributed by atoms with Crippen molar-refractivity contribution >= 4 is 39.9 Å². The van der Waals surface area contributed by atoms with Gasteiger partial charge in [-0.15, -0.1) is 11.3 Å². The fraction of sp³-hybridized carbons (Fsp3) is 0.355. The summed E-state index contributed by atoms with van der Waals surface area (Å²) in [6.45, 7) is 15.6. The Morgan fingerprint density at radius 2 is 1.93 bits per heavy atom. The maximum atomic E-state index is 14.7. The Hall–Kier alpha value is -4.23. The van der Waals surface area contributed by atoms with Crippen molar-refractivity contribution in [2.45, 2.75) is 52.2 Å². The van der Waals surface area contributed by atoms with Crippen LogP contribution in [0.5, 0.6) is 0 Å². The van der Waals surface area contributed by atoms with E-state index < -0.39 is 17.5 Å². The van der Waals surface area contributed by atoms with Gasteiger partial charge in [0.25, 0.3) is 5.91 Å². The quantitative estimate of drug-likeness (QED) is 0.264. The molecule has 2 aromatic carbocycles. The van der Waals surface area contributed by atoms with Crippen LogP contribution in [0.2, 0.25) is 0 Å². The Kier molecular flexibility index (Phi) is 7.58. The highest BCUT2D eigenvalue weighted by molar-refractivity contribution is 7.18. The van der Waals surface area contributed by atoms with Crippen LogP contribution in [0, 0.1) is 19.3 Å². The number of likely N-dealkylation sites (tertiary alicyclic amines) is 1. The Labute approximate surface area is 242 Å². The third kappa shape index (κ3) is 5.95. The van der Waals surface area contributed by atoms with Gasteiger partial charge in [-0.25, -0.2) is 14.0 Å². The number of benzene rings is 2. The van der Waals surface area contributed by atoms with Gasteiger partial charge in [0.05, 0.1) is 17.0 Å². The van der Waals surface area contributed by atoms with Crippen molar-refractivity contribution in [1.82, 2.24) is 20.0 Å². The predicted molar refractivity (Wildman–Crippen MR) is 159 cm³/mol. The third-order valence-corrected chi connectivity index (χ3v) is 8.32. The van der Waals surface area contributed by atoms with Gasteiger partial charge in [0.1, 0.15) is 11.4 Å². The molecule has 0 spiro atoms. The number of piperidine rings is 1. The number of hydrogen-bond acceptors (Lipinski definition) is 5. The maximum absolute atomic E-state index is 14.7. The number of ether oxygens (including phenoxy) is 1. The topological polar surface area (TPSA) is 80.8 Å². The van der Waals surface area contributed by atoms with E-state index in [1.807, 2.05) is 57.6 Å². The smallest absolute Gasteiger partial charge is 0.407 e. The van der Waals surface area contributed by atoms with Crippen LogP contribution in [0.15, 0.2) is 42.5 Å². The largest absolute Gasteiger partial charge is 0.444 e. The van der Waals surface area contributed by atoms with Gasteiger partial charge in [0.2, 0.25) is 5.69 Å². The second-order valence-corrected chi connectivity index (χ2v) is 12.4. The number of carbonyl (C=O) groups is 2. The molecule has 1 aliphatic heterocycles. The first-order valence-corrected chi connectivity index (χ1v) is 14.3. The predicted octanol–water partition coefficient (Wildman–Crippen LogP) is 7.10. The second-order valence-electron chi connectivity index (χ2n) is 11.3. The average Bonchev–Trinajstić information content (AvgIpc) is 3.48. The number of nitrogens with zero attached hydrogens (tertiary/aromatic N) is 4. The molecular weight excluding hydrogens is 541 g/mol. The number of amides is 2. The van der Waals surface area contributed by atoms with Gasteiger partial charge >= 0.3 is 6.09 Å². The summed E-state index contributed by atoms with van der Waals surface area (Å²) in [7, 11) is 1.90. The summed E-state index contributed by atoms with van der Waals surface area (Å²) in [5.74, 6) is -0.747. The highest BCUT2D eigenvalue weighted by Crippen LogP contribution is 2.42. The number of alkyl carbamates (subject to hydrolysis) is 1. The van der Waals surface area contributed by atoms with Crippen LogP contribution in [0.3, 0.4) is 0 Å². The van der Waals surface area contributed by atoms with Crippen LogP contribution in [0.25, 0.3) is 37.3 Å². The summed E-state index contributed by atoms with van der Waals surface area (Å²) < 4.78 is 21.9. The first-order chi connectivity index (χ1) is 19.4. The zero-order valence-corrected chi connectivity index (χ0v) is 24.6. The molecule has 5 rings (SSSR count). The van der Waals surface area contributed by atoms with Crippen molar-refractivity contribution in [2.24, 2.45) is 7.05 Å². The number of aryl methyl sites for hydroxylation is 2. The van der Waals surface area contributed by atoms with E-state index in [-0.39, 0.29) is 17.6 Å². The van der Waals surface area contributed by atoms with Gasteiger partial charge in [-0.05, 0) is 75.9 Å². The van der Waals surface area contributed by atoms with E-state index in [9.17, 15) is 14.0 Å². The molecule has 0 aliphatic carbocycles. The minimum Gasteiger partial charge on any atom is -0.444 e. The van der Waals surface area contributed by atoms with Crippen molar-refractivity contribution in [3.05, 3.63) is 70.3 Å². The summed E-state index contributed by atoms with van der Waals surface area (Å²) in [5, 5.41) is 8.44. The maximum Gasteiger partial charge on any atom is 0.407 e. The van der Waals surface area contributed by atoms with Crippen LogP contribution in [-0.2, 0) is 11.8 Å². The van der Waals surface area contributed by atoms with E-state index in [1.165, 1.54) is 23.5 Å². The molecule has 3 heterocycles. The minimum atomic E-state index is -0.609. The summed E-state index contributed by atoms with van der Waals surface area (Å²) in [6.07, 6.45) is 1.00. The molecule has 1 fully saturated rings. The molecule has 0 saturated carbocycles. The van der Waals surface area contributed by atoms with Gasteiger partial charge in [0.15, 0.2) is 0 Å². The normalized spacial score (nSPS) is 15.5. The molecule has 1 saturated heterocycles. The molecule has 0 unspecified atom stereocenters. The molecule has 41 heavy (non-hydrogen) atoms. The van der Waals surface area contributed by atoms with E-state index >= 15 is 0 Å². The number of halogens is 1. The van der Waals surface area contributed by atoms with E-state index in [1.54, 1.807) is 17.0 Å². The molecule has 0 radical (unpaired) electrons. The molecule has 2 amide bonds. The molecule has 1 atom stereocenters. The lowest BCUT2D eigenvalue weighted by Gasteiger charge is -2.33. The molecule has 8 nitrogen and oxygen atoms in total. The summed E-state index contributed by atoms with van der Waals surface area (Å²) in [6, 6.07) is 12.1. The average molecular weight is 574 g/mol. The van der Waals surface area contributed by atoms with Crippen molar-refractivity contribution < 1.29 is 18.7 Å². The lowest BCUT2D eigenvalue weighted by atomic mass is 10.0. The number of nitrogens with one attached hydrogen (secondary N) is 1. The number of hydrogen-bond donors (Lipinski definition) is 1. The number of carbonyl (C=O) groups excluding carboxylic acids is 2. The van der Waals surface area contributed by atoms with E-state index in [4.69, 9.17) is 11.3 Å². The Bertz CT molecular complexity index is 1690. The fourth-order valence-corrected chi connectivity index (χ4v) is 6.21. The molecule has 4 aromatic rings. The highest BCUT2D eigenvalue weighted by Gasteiger charge is 2.29. The zero-order chi connectivity index (χ0) is 29.5. The SMILES string of the molecule is [C-]#[N+]c1ccc(-c2cc(C(=O)N3CCC[C@@H](NC(=O)OC(C)(C)C)C3)sc2-c2ccc3nn(C)c(C)c3c2)cc1F. The number of thiophene rings is 1. The Balaban J connectivity index is 1.50. The van der Waals surface area contributed by atoms with Crippen LogP contribution in [0.1, 0.15) is 49.0 Å². The third-order valence-electron chi connectivity index (χ3n) is 7.14. The van der Waals surface area contributed by atoms with Crippen LogP contribution < -0.4 is 5.32 Å². The van der Waals surface area contributed by atoms with Gasteiger partial charge in [-0.2, -0.15) is 5.10 Å². The Morgan fingerprint density at radius 1 is 1.17 bits per heavy atom. The zero-order valence-electron chi connectivity index (χ0n) is 23.7. The number of rotatable bonds is 4. The van der Waals surface area contributed by atoms with Crippen LogP contribution in [0.4, 0.5) is 14.9 Å². The van der Waals surface area contributed by atoms with Gasteiger partial charge in [-0.3, -0.25) is 9.48 Å². The van der Waals surface area contributed by atoms with Crippen LogP contribution in [-0.4, -0.2) is 51.4 Å². The number of aromatic nitrogens is 2. The van der Waals surface area contributed by atoms with Crippen LogP contribution >= 0.6 is 11.3 Å². The summed E-state index contributed by atoms with van der Waals surface area (Å²) in [4.78, 5) is 32.5. The summed E-state index contributed by atoms with van der Waals surface area (Å²) >= 11 is 1.36. The first-order valence-electron chi connectivity index (χ1n) is 13.5. The van der Waals surface area contributed by atoms with Crippen molar-refractivity contribution in [1.29, 1.82) is 0 Å². The van der Waals surface area contributed by atoms with Crippen molar-refractivity contribution in [3.8, 4) is 21.6 Å². The Morgan fingerprint density at radius 3 is 2.63 bits per heavy atom. The fourth-order valence-electron chi connectivity index (χ4n) is 5.07. The molecule has 10 heteroatoms. The molecule has 1 aliphatic rings. The molecular formula is C31H32FN5O3S. The first kappa shape index (κ1) is 28.3. The molecule has 2 aromatic heterocycles. The van der Waals surface area contributed by atoms with Gasteiger partial charge < -0.3 is 15.0 Å². The van der Waals surface area contributed by atoms with Crippen molar-refractivity contribution in [3.63, 3.8) is 0 Å². The number of fused-ring (bicyclic) bond motifs is 1. The lowest BCUT2D eigenvalue weighted by Crippen LogP contribution is -2.50. The monoisotopic (exact) mass is 573 g/mol. The standard InChI is InChI=1S/C31H32FN5O3S/c1-18-22-14-20(10-11-25(22)35-36(18)6)28-23(19-9-12-26(33-5)24(32)15-19)16-27(41-28)29(38)37-13-7-8-21(17-37)34-30(39)40-31(2,3)4/h9-12,14-16,21H,7-8,13,17H2,1-4,6H3,(H,34,39)/t21-/m1/s1. The van der Waals surface area contributed by atoms with E-state index in [0.29, 0.717) is 23.5 Å². The molecule has 1 N–H and O–H groups in total. The van der Waals surface area contributed by atoms with E-state index in [0.717, 1.165) is 45.4 Å². The molecule has 0 bridgehead atoms. The second kappa shape index (κ2) is 11.0. The van der Waals surface area contributed by atoms with Gasteiger partial charge in [-0.1, -0.05) is 18.2 Å². The molecule has 212 valence electrons. The lowest BCUT2D eigenvalue weighted by molar-refractivity contribution is 0.0453. The minimum absolute atomic E-state index is 0.0499.